The molecule has 1 heterocycles. The molecule has 0 atom stereocenters. The van der Waals surface area contributed by atoms with E-state index in [0.29, 0.717) is 12.2 Å². The molecule has 4 amide bonds. The van der Waals surface area contributed by atoms with E-state index in [0.717, 1.165) is 31.0 Å². The average Bonchev–Trinajstić information content (AvgIpc) is 2.34. The third kappa shape index (κ3) is 5.31. The van der Waals surface area contributed by atoms with Gasteiger partial charge in [-0.2, -0.15) is 0 Å². The van der Waals surface area contributed by atoms with E-state index in [1.165, 1.54) is 0 Å². The van der Waals surface area contributed by atoms with E-state index in [2.05, 4.69) is 10.6 Å². The quantitative estimate of drug-likeness (QED) is 0.230. The molecule has 1 aliphatic heterocycles. The van der Waals surface area contributed by atoms with Gasteiger partial charge in [-0.25, -0.2) is 4.79 Å². The third-order valence-corrected chi connectivity index (χ3v) is 4.04. The number of amides is 4. The minimum Gasteiger partial charge on any atom is -0.379 e. The smallest absolute Gasteiger partial charge is 0.328 e. The Labute approximate surface area is 138 Å². The van der Waals surface area contributed by atoms with Gasteiger partial charge >= 0.3 is 6.03 Å². The summed E-state index contributed by atoms with van der Waals surface area (Å²) in [5.41, 5.74) is 4.02. The minimum atomic E-state index is -1.23. The van der Waals surface area contributed by atoms with E-state index in [9.17, 15) is 14.4 Å². The highest BCUT2D eigenvalue weighted by Crippen LogP contribution is 2.33. The first kappa shape index (κ1) is 19.9. The van der Waals surface area contributed by atoms with Crippen LogP contribution in [0.4, 0.5) is 4.79 Å². The summed E-state index contributed by atoms with van der Waals surface area (Å²) < 4.78 is 0. The molecule has 0 aromatic rings. The molecular weight excluding hydrogens is 360 g/mol. The van der Waals surface area contributed by atoms with Crippen molar-refractivity contribution in [3.05, 3.63) is 0 Å². The number of carbonyl (C=O) groups excluding carboxylic acids is 3. The first-order valence-corrected chi connectivity index (χ1v) is 7.54. The van der Waals surface area contributed by atoms with E-state index in [4.69, 9.17) is 11.1 Å². The number of amidine groups is 1. The van der Waals surface area contributed by atoms with Crippen molar-refractivity contribution >= 4 is 51.8 Å². The standard InChI is InChI=1S/C12H20N4O3S.BrH/c1-2-3-4-5-12(6-7-20-10(13)14)8(17)15-11(19)16-9(12)18;/h2-7H2,1H3,(H3,13,14)(H2,15,16,17,18,19);1H. The Morgan fingerprint density at radius 1 is 1.19 bits per heavy atom. The Balaban J connectivity index is 0.00000400. The van der Waals surface area contributed by atoms with Gasteiger partial charge in [0.2, 0.25) is 11.8 Å². The molecule has 1 fully saturated rings. The third-order valence-electron chi connectivity index (χ3n) is 3.32. The highest BCUT2D eigenvalue weighted by molar-refractivity contribution is 8.93. The summed E-state index contributed by atoms with van der Waals surface area (Å²) in [7, 11) is 0. The summed E-state index contributed by atoms with van der Waals surface area (Å²) in [6, 6.07) is -0.773. The van der Waals surface area contributed by atoms with Gasteiger partial charge in [0.05, 0.1) is 0 Å². The second kappa shape index (κ2) is 9.04. The molecule has 21 heavy (non-hydrogen) atoms. The summed E-state index contributed by atoms with van der Waals surface area (Å²) in [5.74, 6) is -0.714. The lowest BCUT2D eigenvalue weighted by Gasteiger charge is -2.33. The second-order valence-electron chi connectivity index (χ2n) is 4.74. The van der Waals surface area contributed by atoms with Crippen LogP contribution < -0.4 is 16.4 Å². The van der Waals surface area contributed by atoms with Crippen LogP contribution in [0.25, 0.3) is 0 Å². The molecule has 1 rings (SSSR count). The Morgan fingerprint density at radius 3 is 2.24 bits per heavy atom. The predicted molar refractivity (Wildman–Crippen MR) is 87.6 cm³/mol. The maximum absolute atomic E-state index is 12.1. The van der Waals surface area contributed by atoms with Crippen LogP contribution in [0.3, 0.4) is 0 Å². The van der Waals surface area contributed by atoms with Crippen LogP contribution in [-0.2, 0) is 9.59 Å². The monoisotopic (exact) mass is 380 g/mol. The molecule has 1 aliphatic rings. The van der Waals surface area contributed by atoms with Crippen LogP contribution in [0.1, 0.15) is 39.0 Å². The van der Waals surface area contributed by atoms with Crippen LogP contribution in [0.15, 0.2) is 0 Å². The van der Waals surface area contributed by atoms with Gasteiger partial charge in [-0.05, 0) is 12.8 Å². The fourth-order valence-corrected chi connectivity index (χ4v) is 2.84. The molecule has 120 valence electrons. The largest absolute Gasteiger partial charge is 0.379 e. The fraction of sp³-hybridized carbons (Fsp3) is 0.667. The summed E-state index contributed by atoms with van der Waals surface area (Å²) in [5, 5.41) is 11.4. The highest BCUT2D eigenvalue weighted by atomic mass is 79.9. The van der Waals surface area contributed by atoms with E-state index in [1.54, 1.807) is 0 Å². The van der Waals surface area contributed by atoms with Crippen LogP contribution in [0, 0.1) is 10.8 Å². The van der Waals surface area contributed by atoms with Crippen molar-refractivity contribution in [2.45, 2.75) is 39.0 Å². The van der Waals surface area contributed by atoms with Crippen LogP contribution in [0.5, 0.6) is 0 Å². The molecule has 0 radical (unpaired) electrons. The fourth-order valence-electron chi connectivity index (χ4n) is 2.17. The first-order chi connectivity index (χ1) is 9.42. The zero-order valence-corrected chi connectivity index (χ0v) is 14.4. The number of urea groups is 1. The van der Waals surface area contributed by atoms with Crippen molar-refractivity contribution in [3.8, 4) is 0 Å². The van der Waals surface area contributed by atoms with Crippen LogP contribution in [-0.4, -0.2) is 28.8 Å². The molecule has 0 spiro atoms. The van der Waals surface area contributed by atoms with E-state index < -0.39 is 23.3 Å². The van der Waals surface area contributed by atoms with Gasteiger partial charge in [-0.15, -0.1) is 17.0 Å². The number of barbiturate groups is 1. The Morgan fingerprint density at radius 2 is 1.76 bits per heavy atom. The van der Waals surface area contributed by atoms with Gasteiger partial charge in [0.25, 0.3) is 0 Å². The van der Waals surface area contributed by atoms with E-state index in [-0.39, 0.29) is 28.6 Å². The zero-order valence-electron chi connectivity index (χ0n) is 11.9. The number of unbranched alkanes of at least 4 members (excludes halogenated alkanes) is 2. The zero-order chi connectivity index (χ0) is 15.2. The van der Waals surface area contributed by atoms with Gasteiger partial charge in [0.15, 0.2) is 5.17 Å². The number of hydrogen-bond acceptors (Lipinski definition) is 5. The Hall–Kier alpha value is -1.09. The summed E-state index contributed by atoms with van der Waals surface area (Å²) >= 11 is 1.08. The van der Waals surface area contributed by atoms with Gasteiger partial charge in [0, 0.05) is 5.75 Å². The summed E-state index contributed by atoms with van der Waals surface area (Å²) in [4.78, 5) is 35.4. The normalized spacial score (nSPS) is 16.7. The predicted octanol–water partition coefficient (Wildman–Crippen LogP) is 1.51. The number of rotatable bonds is 7. The van der Waals surface area contributed by atoms with Gasteiger partial charge in [-0.3, -0.25) is 25.6 Å². The molecule has 5 N–H and O–H groups in total. The number of imide groups is 2. The molecule has 7 nitrogen and oxygen atoms in total. The second-order valence-corrected chi connectivity index (χ2v) is 5.88. The molecule has 1 saturated heterocycles. The maximum atomic E-state index is 12.1. The lowest BCUT2D eigenvalue weighted by Crippen LogP contribution is -2.62. The molecule has 0 aromatic heterocycles. The first-order valence-electron chi connectivity index (χ1n) is 6.56. The Bertz CT molecular complexity index is 411. The molecule has 0 aromatic carbocycles. The molecular formula is C12H21BrN4O3S. The van der Waals surface area contributed by atoms with E-state index >= 15 is 0 Å². The number of halogens is 1. The van der Waals surface area contributed by atoms with Crippen molar-refractivity contribution in [2.24, 2.45) is 11.1 Å². The highest BCUT2D eigenvalue weighted by Gasteiger charge is 2.49. The molecule has 0 bridgehead atoms. The number of carbonyl (C=O) groups is 3. The molecule has 0 saturated carbocycles. The van der Waals surface area contributed by atoms with Gasteiger partial charge in [-0.1, -0.05) is 37.9 Å². The van der Waals surface area contributed by atoms with Crippen LogP contribution in [0.2, 0.25) is 0 Å². The lowest BCUT2D eigenvalue weighted by atomic mass is 9.77. The van der Waals surface area contributed by atoms with Crippen molar-refractivity contribution in [1.82, 2.24) is 10.6 Å². The number of hydrogen-bond donors (Lipinski definition) is 4. The molecule has 9 heteroatoms. The van der Waals surface area contributed by atoms with Crippen molar-refractivity contribution in [2.75, 3.05) is 5.75 Å². The maximum Gasteiger partial charge on any atom is 0.328 e. The topological polar surface area (TPSA) is 125 Å². The van der Waals surface area contributed by atoms with Crippen molar-refractivity contribution < 1.29 is 14.4 Å². The summed E-state index contributed by atoms with van der Waals surface area (Å²) in [6.07, 6.45) is 3.27. The SMILES string of the molecule is Br.CCCCCC1(CCSC(=N)N)C(=O)NC(=O)NC1=O. The van der Waals surface area contributed by atoms with E-state index in [1.807, 2.05) is 6.92 Å². The Kier molecular flexibility index (Phi) is 8.57. The van der Waals surface area contributed by atoms with Crippen molar-refractivity contribution in [1.29, 1.82) is 5.41 Å². The lowest BCUT2D eigenvalue weighted by molar-refractivity contribution is -0.145. The molecule has 0 unspecified atom stereocenters. The van der Waals surface area contributed by atoms with Gasteiger partial charge < -0.3 is 5.73 Å². The van der Waals surface area contributed by atoms with Gasteiger partial charge in [0.1, 0.15) is 5.41 Å². The van der Waals surface area contributed by atoms with Crippen molar-refractivity contribution in [3.63, 3.8) is 0 Å². The average molecular weight is 381 g/mol. The number of nitrogens with two attached hydrogens (primary N) is 1. The minimum absolute atomic E-state index is 0. The number of nitrogens with one attached hydrogen (secondary N) is 3. The van der Waals surface area contributed by atoms with Crippen LogP contribution >= 0.6 is 28.7 Å². The number of thioether (sulfide) groups is 1. The summed E-state index contributed by atoms with van der Waals surface area (Å²) in [6.45, 7) is 2.03. The molecule has 0 aliphatic carbocycles.